The minimum absolute atomic E-state index is 0.0836. The van der Waals surface area contributed by atoms with Gasteiger partial charge in [0.1, 0.15) is 0 Å². The molecule has 1 saturated heterocycles. The van der Waals surface area contributed by atoms with Crippen LogP contribution in [0.3, 0.4) is 0 Å². The highest BCUT2D eigenvalue weighted by atomic mass is 79.9. The van der Waals surface area contributed by atoms with E-state index in [0.717, 1.165) is 24.1 Å². The molecule has 1 fully saturated rings. The Labute approximate surface area is 118 Å². The van der Waals surface area contributed by atoms with E-state index in [0.29, 0.717) is 6.04 Å². The molecule has 0 aliphatic carbocycles. The zero-order chi connectivity index (χ0) is 13.3. The number of benzene rings is 1. The molecule has 1 aromatic rings. The van der Waals surface area contributed by atoms with Gasteiger partial charge in [-0.25, -0.2) is 0 Å². The minimum Gasteiger partial charge on any atom is -0.365 e. The molecule has 0 saturated carbocycles. The standard InChI is InChI=1S/C14H22BrN3/c1-10-9-17(3)6-7-18(10)14-5-4-12(11(2)16)8-13(14)15/h4-5,8,10-11H,6-7,9,16H2,1-3H3/t10?,11-/m0/s1. The van der Waals surface area contributed by atoms with Gasteiger partial charge in [-0.1, -0.05) is 6.07 Å². The van der Waals surface area contributed by atoms with Gasteiger partial charge in [0.05, 0.1) is 5.69 Å². The van der Waals surface area contributed by atoms with Gasteiger partial charge in [-0.2, -0.15) is 0 Å². The van der Waals surface area contributed by atoms with Gasteiger partial charge in [-0.05, 0) is 54.5 Å². The van der Waals surface area contributed by atoms with Crippen LogP contribution in [0.15, 0.2) is 22.7 Å². The lowest BCUT2D eigenvalue weighted by molar-refractivity contribution is 0.275. The monoisotopic (exact) mass is 311 g/mol. The van der Waals surface area contributed by atoms with Crippen LogP contribution in [0.4, 0.5) is 5.69 Å². The van der Waals surface area contributed by atoms with Crippen LogP contribution in [-0.4, -0.2) is 37.6 Å². The molecule has 1 unspecified atom stereocenters. The summed E-state index contributed by atoms with van der Waals surface area (Å²) < 4.78 is 1.15. The molecule has 0 amide bonds. The lowest BCUT2D eigenvalue weighted by Gasteiger charge is -2.40. The van der Waals surface area contributed by atoms with Crippen LogP contribution in [0.2, 0.25) is 0 Å². The zero-order valence-corrected chi connectivity index (χ0v) is 12.9. The Morgan fingerprint density at radius 2 is 2.11 bits per heavy atom. The number of piperazine rings is 1. The van der Waals surface area contributed by atoms with Gasteiger partial charge in [0.15, 0.2) is 0 Å². The van der Waals surface area contributed by atoms with Crippen molar-refractivity contribution in [1.29, 1.82) is 0 Å². The molecule has 0 spiro atoms. The molecule has 4 heteroatoms. The zero-order valence-electron chi connectivity index (χ0n) is 11.4. The second kappa shape index (κ2) is 5.59. The van der Waals surface area contributed by atoms with E-state index in [1.807, 2.05) is 6.92 Å². The van der Waals surface area contributed by atoms with Crippen molar-refractivity contribution in [3.8, 4) is 0 Å². The third kappa shape index (κ3) is 2.87. The first kappa shape index (κ1) is 13.8. The smallest absolute Gasteiger partial charge is 0.0514 e. The quantitative estimate of drug-likeness (QED) is 0.911. The summed E-state index contributed by atoms with van der Waals surface area (Å²) in [6.45, 7) is 7.60. The highest BCUT2D eigenvalue weighted by Crippen LogP contribution is 2.31. The normalized spacial score (nSPS) is 23.2. The number of anilines is 1. The molecule has 0 bridgehead atoms. The molecular formula is C14H22BrN3. The van der Waals surface area contributed by atoms with Crippen molar-refractivity contribution in [3.05, 3.63) is 28.2 Å². The highest BCUT2D eigenvalue weighted by molar-refractivity contribution is 9.10. The molecule has 18 heavy (non-hydrogen) atoms. The molecule has 1 aliphatic heterocycles. The molecule has 2 N–H and O–H groups in total. The van der Waals surface area contributed by atoms with Crippen LogP contribution in [0.1, 0.15) is 25.5 Å². The van der Waals surface area contributed by atoms with E-state index in [1.54, 1.807) is 0 Å². The topological polar surface area (TPSA) is 32.5 Å². The summed E-state index contributed by atoms with van der Waals surface area (Å²) in [4.78, 5) is 4.85. The number of nitrogens with zero attached hydrogens (tertiary/aromatic N) is 2. The van der Waals surface area contributed by atoms with E-state index in [2.05, 4.69) is 57.9 Å². The van der Waals surface area contributed by atoms with E-state index < -0.39 is 0 Å². The number of likely N-dealkylation sites (N-methyl/N-ethyl adjacent to an activating group) is 1. The van der Waals surface area contributed by atoms with Gasteiger partial charge >= 0.3 is 0 Å². The molecule has 3 nitrogen and oxygen atoms in total. The van der Waals surface area contributed by atoms with E-state index >= 15 is 0 Å². The summed E-state index contributed by atoms with van der Waals surface area (Å²) in [6.07, 6.45) is 0. The first-order chi connectivity index (χ1) is 8.49. The van der Waals surface area contributed by atoms with Gasteiger partial charge < -0.3 is 15.5 Å². The summed E-state index contributed by atoms with van der Waals surface area (Å²) in [5, 5.41) is 0. The summed E-state index contributed by atoms with van der Waals surface area (Å²) in [6, 6.07) is 7.09. The largest absolute Gasteiger partial charge is 0.365 e. The average Bonchev–Trinajstić information content (AvgIpc) is 2.30. The lowest BCUT2D eigenvalue weighted by Crippen LogP contribution is -2.50. The summed E-state index contributed by atoms with van der Waals surface area (Å²) >= 11 is 3.68. The number of rotatable bonds is 2. The molecule has 2 rings (SSSR count). The van der Waals surface area contributed by atoms with Crippen molar-refractivity contribution >= 4 is 21.6 Å². The van der Waals surface area contributed by atoms with Crippen LogP contribution in [-0.2, 0) is 0 Å². The average molecular weight is 312 g/mol. The molecule has 1 aliphatic rings. The van der Waals surface area contributed by atoms with Crippen LogP contribution in [0.5, 0.6) is 0 Å². The summed E-state index contributed by atoms with van der Waals surface area (Å²) in [7, 11) is 2.18. The van der Waals surface area contributed by atoms with Crippen LogP contribution < -0.4 is 10.6 Å². The third-order valence-corrected chi connectivity index (χ3v) is 4.27. The van der Waals surface area contributed by atoms with Gasteiger partial charge in [0.2, 0.25) is 0 Å². The predicted octanol–water partition coefficient (Wildman–Crippen LogP) is 2.61. The van der Waals surface area contributed by atoms with Gasteiger partial charge in [-0.15, -0.1) is 0 Å². The third-order valence-electron chi connectivity index (χ3n) is 3.64. The molecule has 1 aromatic carbocycles. The molecule has 1 heterocycles. The fourth-order valence-corrected chi connectivity index (χ4v) is 3.16. The Morgan fingerprint density at radius 1 is 1.39 bits per heavy atom. The first-order valence-electron chi connectivity index (χ1n) is 6.49. The molecule has 0 aromatic heterocycles. The Morgan fingerprint density at radius 3 is 2.67 bits per heavy atom. The van der Waals surface area contributed by atoms with E-state index in [-0.39, 0.29) is 6.04 Å². The number of nitrogens with two attached hydrogens (primary N) is 1. The predicted molar refractivity (Wildman–Crippen MR) is 81.0 cm³/mol. The Balaban J connectivity index is 2.23. The van der Waals surface area contributed by atoms with Crippen molar-refractivity contribution < 1.29 is 0 Å². The van der Waals surface area contributed by atoms with Crippen molar-refractivity contribution in [3.63, 3.8) is 0 Å². The highest BCUT2D eigenvalue weighted by Gasteiger charge is 2.23. The molecule has 0 radical (unpaired) electrons. The minimum atomic E-state index is 0.0836. The maximum atomic E-state index is 5.92. The second-order valence-corrected chi connectivity index (χ2v) is 6.16. The van der Waals surface area contributed by atoms with Crippen LogP contribution >= 0.6 is 15.9 Å². The molecular weight excluding hydrogens is 290 g/mol. The van der Waals surface area contributed by atoms with Crippen LogP contribution in [0.25, 0.3) is 0 Å². The van der Waals surface area contributed by atoms with Gasteiger partial charge in [-0.3, -0.25) is 0 Å². The molecule has 100 valence electrons. The molecule has 2 atom stereocenters. The maximum absolute atomic E-state index is 5.92. The first-order valence-corrected chi connectivity index (χ1v) is 7.28. The van der Waals surface area contributed by atoms with Crippen molar-refractivity contribution in [2.45, 2.75) is 25.9 Å². The Bertz CT molecular complexity index is 420. The Hall–Kier alpha value is -0.580. The van der Waals surface area contributed by atoms with Crippen molar-refractivity contribution in [1.82, 2.24) is 4.90 Å². The summed E-state index contributed by atoms with van der Waals surface area (Å²) in [5.74, 6) is 0. The fourth-order valence-electron chi connectivity index (χ4n) is 2.54. The van der Waals surface area contributed by atoms with Gasteiger partial charge in [0.25, 0.3) is 0 Å². The van der Waals surface area contributed by atoms with Crippen molar-refractivity contribution in [2.75, 3.05) is 31.6 Å². The number of hydrogen-bond donors (Lipinski definition) is 1. The van der Waals surface area contributed by atoms with E-state index in [1.165, 1.54) is 11.3 Å². The van der Waals surface area contributed by atoms with Gasteiger partial charge in [0, 0.05) is 36.2 Å². The fraction of sp³-hybridized carbons (Fsp3) is 0.571. The summed E-state index contributed by atoms with van der Waals surface area (Å²) in [5.41, 5.74) is 8.37. The Kier molecular flexibility index (Phi) is 4.30. The van der Waals surface area contributed by atoms with E-state index in [9.17, 15) is 0 Å². The maximum Gasteiger partial charge on any atom is 0.0514 e. The van der Waals surface area contributed by atoms with Crippen LogP contribution in [0, 0.1) is 0 Å². The van der Waals surface area contributed by atoms with E-state index in [4.69, 9.17) is 5.73 Å². The number of halogens is 1. The lowest BCUT2D eigenvalue weighted by atomic mass is 10.1. The number of hydrogen-bond acceptors (Lipinski definition) is 3. The van der Waals surface area contributed by atoms with Crippen molar-refractivity contribution in [2.24, 2.45) is 5.73 Å². The second-order valence-electron chi connectivity index (χ2n) is 5.30. The SMILES string of the molecule is CC1CN(C)CCN1c1ccc([C@H](C)N)cc1Br.